The highest BCUT2D eigenvalue weighted by Crippen LogP contribution is 2.75. The van der Waals surface area contributed by atoms with Gasteiger partial charge in [0.15, 0.2) is 5.82 Å². The number of amides is 1. The molecule has 0 aliphatic carbocycles. The van der Waals surface area contributed by atoms with Gasteiger partial charge in [-0.25, -0.2) is 32.2 Å². The zero-order valence-corrected chi connectivity index (χ0v) is 46.7. The number of aromatic nitrogens is 6. The van der Waals surface area contributed by atoms with E-state index in [1.165, 1.54) is 6.92 Å². The van der Waals surface area contributed by atoms with E-state index in [0.717, 1.165) is 16.3 Å². The van der Waals surface area contributed by atoms with Gasteiger partial charge in [-0.1, -0.05) is 12.8 Å². The van der Waals surface area contributed by atoms with E-state index in [0.29, 0.717) is 76.3 Å². The molecule has 1 aliphatic heterocycles. The summed E-state index contributed by atoms with van der Waals surface area (Å²) in [6.45, 7) is 4.41. The minimum atomic E-state index is -6.51. The second kappa shape index (κ2) is 31.8. The Balaban J connectivity index is 0.966. The molecular weight excluding hydrogens is 1180 g/mol. The minimum absolute atomic E-state index is 0.0470. The standard InChI is InChI=1S/C36H59N7O29P6/c1-26-24-43(36(47)38-35(26)46)33-23-30(44)31(67-33)25-66-74(50,51)69-76(54,55)71-78(58,59)72-77(56,57)70-75(52,53)68-73(48,49)65-13-6-4-3-5-12-37-32(45)11-14-60-15-16-61-17-18-62-19-20-63-21-22-64-29-9-7-28(8-10-29)34-41-39-27(2)40-42-34/h7-10,24,30-31,33,44H,3-6,11-23,25H2,1-2H3,(H,37,45)(H,48,49)(H,50,51)(H,52,53)(H,54,55)(H,56,57)(H,58,59)(H,38,46,47)/t30-,31-,33-/m1/s1. The normalized spacial score (nSPS) is 20.3. The number of aliphatic hydroxyl groups excluding tert-OH is 1. The molecule has 1 aliphatic rings. The molecule has 1 amide bonds. The number of phosphoric ester groups is 2. The summed E-state index contributed by atoms with van der Waals surface area (Å²) in [4.78, 5) is 96.5. The van der Waals surface area contributed by atoms with Crippen molar-refractivity contribution in [3.05, 3.63) is 62.7 Å². The summed E-state index contributed by atoms with van der Waals surface area (Å²) in [6.07, 6.45) is -2.11. The molecular formula is C36H59N7O29P6. The monoisotopic (exact) mass is 1240 g/mol. The fourth-order valence-electron chi connectivity index (χ4n) is 6.08. The Morgan fingerprint density at radius 2 is 1.14 bits per heavy atom. The highest BCUT2D eigenvalue weighted by molar-refractivity contribution is 7.72. The molecule has 9 atom stereocenters. The second-order valence-electron chi connectivity index (χ2n) is 15.9. The van der Waals surface area contributed by atoms with Crippen LogP contribution in [0.4, 0.5) is 0 Å². The first-order chi connectivity index (χ1) is 36.5. The SMILES string of the molecule is Cc1nnc(-c2ccc(OCCOCCOCCOCCOCCC(=O)NCCCCCCOP(=O)(O)OP(=O)(O)OP(=O)(O)OP(=O)(O)OP(=O)(O)OP(=O)(O)OC[C@H]3O[C@@H](n4cc(C)c(=O)[nH]c4=O)C[C@H]3O)cc2)nn1. The molecule has 2 aromatic heterocycles. The Kier molecular flexibility index (Phi) is 27.4. The van der Waals surface area contributed by atoms with Crippen LogP contribution in [0.2, 0.25) is 0 Å². The van der Waals surface area contributed by atoms with Gasteiger partial charge in [0, 0.05) is 36.7 Å². The van der Waals surface area contributed by atoms with E-state index >= 15 is 0 Å². The Hall–Kier alpha value is -3.27. The van der Waals surface area contributed by atoms with Crippen LogP contribution >= 0.6 is 46.9 Å². The van der Waals surface area contributed by atoms with Crippen molar-refractivity contribution in [3.63, 3.8) is 0 Å². The maximum atomic E-state index is 12.3. The van der Waals surface area contributed by atoms with E-state index in [2.05, 4.69) is 56.3 Å². The van der Waals surface area contributed by atoms with Crippen LogP contribution in [-0.2, 0) is 86.5 Å². The van der Waals surface area contributed by atoms with Crippen LogP contribution in [0.25, 0.3) is 11.4 Å². The lowest BCUT2D eigenvalue weighted by atomic mass is 10.2. The number of aromatic amines is 1. The molecule has 442 valence electrons. The Bertz CT molecular complexity index is 2800. The van der Waals surface area contributed by atoms with E-state index in [4.69, 9.17) is 28.4 Å². The first-order valence-electron chi connectivity index (χ1n) is 22.9. The quantitative estimate of drug-likeness (QED) is 0.0291. The number of ether oxygens (including phenoxy) is 6. The molecule has 0 radical (unpaired) electrons. The van der Waals surface area contributed by atoms with Gasteiger partial charge in [0.05, 0.1) is 72.2 Å². The van der Waals surface area contributed by atoms with Crippen molar-refractivity contribution in [2.45, 2.75) is 70.8 Å². The molecule has 3 aromatic rings. The zero-order valence-electron chi connectivity index (χ0n) is 41.4. The number of rotatable bonds is 39. The lowest BCUT2D eigenvalue weighted by Crippen LogP contribution is -2.33. The molecule has 4 rings (SSSR count). The van der Waals surface area contributed by atoms with Crippen molar-refractivity contribution in [3.8, 4) is 17.1 Å². The highest BCUT2D eigenvalue weighted by atomic mass is 31.3. The third kappa shape index (κ3) is 26.5. The van der Waals surface area contributed by atoms with Crippen molar-refractivity contribution in [2.75, 3.05) is 79.2 Å². The maximum Gasteiger partial charge on any atom is 0.490 e. The summed E-state index contributed by atoms with van der Waals surface area (Å²) in [5.41, 5.74) is -0.809. The number of hydrogen-bond acceptors (Lipinski definition) is 27. The maximum absolute atomic E-state index is 12.3. The van der Waals surface area contributed by atoms with Gasteiger partial charge in [-0.3, -0.25) is 28.2 Å². The number of carbonyl (C=O) groups excluding carboxylic acids is 1. The van der Waals surface area contributed by atoms with Crippen LogP contribution in [0.3, 0.4) is 0 Å². The number of aryl methyl sites for hydroxylation is 2. The number of nitrogens with one attached hydrogen (secondary N) is 2. The van der Waals surface area contributed by atoms with Gasteiger partial charge in [0.1, 0.15) is 24.7 Å². The molecule has 1 fully saturated rings. The molecule has 42 heteroatoms. The van der Waals surface area contributed by atoms with Crippen molar-refractivity contribution < 1.29 is 126 Å². The third-order valence-electron chi connectivity index (χ3n) is 9.52. The fraction of sp³-hybridized carbons (Fsp3) is 0.639. The number of nitrogens with zero attached hydrogens (tertiary/aromatic N) is 5. The number of benzene rings is 1. The van der Waals surface area contributed by atoms with Crippen LogP contribution < -0.4 is 21.3 Å². The fourth-order valence-corrected chi connectivity index (χ4v) is 13.9. The molecule has 9 N–H and O–H groups in total. The Labute approximate surface area is 442 Å². The molecule has 0 saturated carbocycles. The first-order valence-corrected chi connectivity index (χ1v) is 31.8. The van der Waals surface area contributed by atoms with Crippen LogP contribution in [0.1, 0.15) is 56.1 Å². The molecule has 36 nitrogen and oxygen atoms in total. The van der Waals surface area contributed by atoms with Crippen LogP contribution in [-0.4, -0.2) is 162 Å². The summed E-state index contributed by atoms with van der Waals surface area (Å²) in [7, 11) is -37.0. The van der Waals surface area contributed by atoms with Gasteiger partial charge in [0.25, 0.3) is 5.56 Å². The van der Waals surface area contributed by atoms with Gasteiger partial charge >= 0.3 is 52.6 Å². The molecule has 78 heavy (non-hydrogen) atoms. The van der Waals surface area contributed by atoms with E-state index in [-0.39, 0.29) is 57.1 Å². The summed E-state index contributed by atoms with van der Waals surface area (Å²) in [6, 6.07) is 7.19. The third-order valence-corrected chi connectivity index (χ3v) is 18.8. The van der Waals surface area contributed by atoms with Gasteiger partial charge < -0.3 is 68.2 Å². The van der Waals surface area contributed by atoms with Gasteiger partial charge in [-0.05, 0) is 51.0 Å². The van der Waals surface area contributed by atoms with Crippen molar-refractivity contribution in [2.24, 2.45) is 0 Å². The van der Waals surface area contributed by atoms with E-state index in [9.17, 15) is 76.2 Å². The number of aliphatic hydroxyl groups is 1. The predicted molar refractivity (Wildman–Crippen MR) is 260 cm³/mol. The number of phosphoric acid groups is 6. The number of carbonyl (C=O) groups is 1. The highest BCUT2D eigenvalue weighted by Gasteiger charge is 2.50. The first kappa shape index (κ1) is 67.2. The van der Waals surface area contributed by atoms with E-state index in [1.54, 1.807) is 31.2 Å². The predicted octanol–water partition coefficient (Wildman–Crippen LogP) is 1.98. The van der Waals surface area contributed by atoms with Gasteiger partial charge in [-0.2, -0.15) is 21.6 Å². The van der Waals surface area contributed by atoms with Crippen molar-refractivity contribution in [1.82, 2.24) is 35.3 Å². The van der Waals surface area contributed by atoms with Crippen molar-refractivity contribution in [1.29, 1.82) is 0 Å². The van der Waals surface area contributed by atoms with Crippen LogP contribution in [0, 0.1) is 13.8 Å². The largest absolute Gasteiger partial charge is 0.491 e. The Morgan fingerprint density at radius 3 is 1.69 bits per heavy atom. The summed E-state index contributed by atoms with van der Waals surface area (Å²) >= 11 is 0. The molecule has 6 unspecified atom stereocenters. The van der Waals surface area contributed by atoms with Gasteiger partial charge in [-0.15, -0.1) is 20.4 Å². The summed E-state index contributed by atoms with van der Waals surface area (Å²) in [5.74, 6) is 1.28. The average molecular weight is 1240 g/mol. The molecule has 0 bridgehead atoms. The van der Waals surface area contributed by atoms with Gasteiger partial charge in [0.2, 0.25) is 11.7 Å². The molecule has 3 heterocycles. The number of H-pyrrole nitrogens is 1. The van der Waals surface area contributed by atoms with E-state index < -0.39 is 89.8 Å². The smallest absolute Gasteiger partial charge is 0.490 e. The summed E-state index contributed by atoms with van der Waals surface area (Å²) < 4.78 is 135. The minimum Gasteiger partial charge on any atom is -0.491 e. The van der Waals surface area contributed by atoms with Crippen LogP contribution in [0.15, 0.2) is 40.1 Å². The Morgan fingerprint density at radius 1 is 0.654 bits per heavy atom. The lowest BCUT2D eigenvalue weighted by molar-refractivity contribution is -0.122. The second-order valence-corrected chi connectivity index (χ2v) is 25.3. The van der Waals surface area contributed by atoms with Crippen molar-refractivity contribution >= 4 is 52.8 Å². The van der Waals surface area contributed by atoms with Crippen LogP contribution in [0.5, 0.6) is 5.75 Å². The topological polar surface area (TPSA) is 500 Å². The number of unbranched alkanes of at least 4 members (excludes halogenated alkanes) is 3. The molecule has 1 saturated heterocycles. The average Bonchev–Trinajstić information content (AvgIpc) is 3.69. The van der Waals surface area contributed by atoms with E-state index in [1.807, 2.05) is 4.98 Å². The molecule has 0 spiro atoms. The summed E-state index contributed by atoms with van der Waals surface area (Å²) in [5, 5.41) is 28.7. The molecule has 1 aromatic carbocycles. The lowest BCUT2D eigenvalue weighted by Gasteiger charge is -2.21. The zero-order chi connectivity index (χ0) is 57.6. The number of hydrogen-bond donors (Lipinski definition) is 9.